The molecule has 0 bridgehead atoms. The van der Waals surface area contributed by atoms with Crippen LogP contribution in [0.15, 0.2) is 12.1 Å². The highest BCUT2D eigenvalue weighted by atomic mass is 32.1. The first-order valence-corrected chi connectivity index (χ1v) is 9.36. The lowest BCUT2D eigenvalue weighted by atomic mass is 10.1. The van der Waals surface area contributed by atoms with Crippen molar-refractivity contribution in [2.45, 2.75) is 66.2 Å². The zero-order chi connectivity index (χ0) is 14.9. The topological polar surface area (TPSA) is 0 Å². The lowest BCUT2D eigenvalue weighted by Gasteiger charge is -2.02. The molecule has 2 rings (SSSR count). The molecule has 0 aromatic carbocycles. The summed E-state index contributed by atoms with van der Waals surface area (Å²) in [4.78, 5) is 6.12. The van der Waals surface area contributed by atoms with Gasteiger partial charge in [0, 0.05) is 19.5 Å². The van der Waals surface area contributed by atoms with Crippen molar-refractivity contribution in [1.29, 1.82) is 0 Å². The SMILES string of the molecule is CCc1cc(C(C)C)sc1-c1sc(C(C)C)cc1CC. The van der Waals surface area contributed by atoms with E-state index in [0.29, 0.717) is 11.8 Å². The molecule has 0 saturated heterocycles. The maximum Gasteiger partial charge on any atom is 0.0480 e. The van der Waals surface area contributed by atoms with Gasteiger partial charge in [-0.3, -0.25) is 0 Å². The first-order valence-electron chi connectivity index (χ1n) is 7.73. The number of hydrogen-bond donors (Lipinski definition) is 0. The number of thiophene rings is 2. The fourth-order valence-electron chi connectivity index (χ4n) is 2.38. The van der Waals surface area contributed by atoms with Crippen LogP contribution in [0, 0.1) is 0 Å². The molecule has 110 valence electrons. The molecule has 0 saturated carbocycles. The molecule has 2 heteroatoms. The van der Waals surface area contributed by atoms with Gasteiger partial charge in [-0.05, 0) is 47.9 Å². The van der Waals surface area contributed by atoms with Gasteiger partial charge in [-0.25, -0.2) is 0 Å². The predicted molar refractivity (Wildman–Crippen MR) is 94.6 cm³/mol. The van der Waals surface area contributed by atoms with Crippen molar-refractivity contribution in [2.75, 3.05) is 0 Å². The summed E-state index contributed by atoms with van der Waals surface area (Å²) < 4.78 is 0. The molecule has 0 atom stereocenters. The Labute approximate surface area is 131 Å². The van der Waals surface area contributed by atoms with Gasteiger partial charge in [0.1, 0.15) is 0 Å². The third kappa shape index (κ3) is 3.01. The van der Waals surface area contributed by atoms with Gasteiger partial charge in [0.2, 0.25) is 0 Å². The summed E-state index contributed by atoms with van der Waals surface area (Å²) in [6.07, 6.45) is 2.27. The summed E-state index contributed by atoms with van der Waals surface area (Å²) in [5.41, 5.74) is 3.07. The molecule has 0 aliphatic rings. The number of hydrogen-bond acceptors (Lipinski definition) is 2. The molecule has 0 unspecified atom stereocenters. The molecule has 0 radical (unpaired) electrons. The van der Waals surface area contributed by atoms with Crippen molar-refractivity contribution in [1.82, 2.24) is 0 Å². The molecule has 0 N–H and O–H groups in total. The highest BCUT2D eigenvalue weighted by Crippen LogP contribution is 2.43. The third-order valence-electron chi connectivity index (χ3n) is 3.76. The van der Waals surface area contributed by atoms with Crippen molar-refractivity contribution in [3.05, 3.63) is 33.0 Å². The minimum absolute atomic E-state index is 0.633. The fourth-order valence-corrected chi connectivity index (χ4v) is 5.09. The Morgan fingerprint density at radius 1 is 0.750 bits per heavy atom. The molecule has 0 aliphatic carbocycles. The monoisotopic (exact) mass is 306 g/mol. The van der Waals surface area contributed by atoms with E-state index in [1.54, 1.807) is 0 Å². The van der Waals surface area contributed by atoms with E-state index in [-0.39, 0.29) is 0 Å². The maximum absolute atomic E-state index is 2.43. The van der Waals surface area contributed by atoms with Crippen LogP contribution in [-0.4, -0.2) is 0 Å². The zero-order valence-electron chi connectivity index (χ0n) is 13.5. The lowest BCUT2D eigenvalue weighted by molar-refractivity contribution is 0.887. The maximum atomic E-state index is 2.43. The second-order valence-electron chi connectivity index (χ2n) is 6.02. The average Bonchev–Trinajstić information content (AvgIpc) is 3.01. The summed E-state index contributed by atoms with van der Waals surface area (Å²) in [7, 11) is 0. The van der Waals surface area contributed by atoms with Gasteiger partial charge in [0.05, 0.1) is 0 Å². The summed E-state index contributed by atoms with van der Waals surface area (Å²) in [6, 6.07) is 4.86. The van der Waals surface area contributed by atoms with Crippen molar-refractivity contribution in [2.24, 2.45) is 0 Å². The van der Waals surface area contributed by atoms with Crippen molar-refractivity contribution >= 4 is 22.7 Å². The highest BCUT2D eigenvalue weighted by Gasteiger charge is 2.18. The van der Waals surface area contributed by atoms with Gasteiger partial charge in [-0.1, -0.05) is 41.5 Å². The van der Waals surface area contributed by atoms with Gasteiger partial charge in [0.25, 0.3) is 0 Å². The Balaban J connectivity index is 2.55. The van der Waals surface area contributed by atoms with Gasteiger partial charge in [0.15, 0.2) is 0 Å². The summed E-state index contributed by atoms with van der Waals surface area (Å²) in [6.45, 7) is 13.7. The van der Waals surface area contributed by atoms with E-state index in [0.717, 1.165) is 12.8 Å². The normalized spacial score (nSPS) is 11.8. The summed E-state index contributed by atoms with van der Waals surface area (Å²) in [5.74, 6) is 1.27. The zero-order valence-corrected chi connectivity index (χ0v) is 15.2. The van der Waals surface area contributed by atoms with Crippen LogP contribution in [0.1, 0.15) is 74.3 Å². The molecule has 2 aromatic rings. The second-order valence-corrected chi connectivity index (χ2v) is 8.19. The molecule has 0 amide bonds. The van der Waals surface area contributed by atoms with E-state index in [1.165, 1.54) is 30.6 Å². The summed E-state index contributed by atoms with van der Waals surface area (Å²) in [5, 5.41) is 0. The Bertz CT molecular complexity index is 518. The molecular formula is C18H26S2. The van der Waals surface area contributed by atoms with E-state index in [9.17, 15) is 0 Å². The number of aryl methyl sites for hydroxylation is 2. The van der Waals surface area contributed by atoms with Crippen LogP contribution in [0.5, 0.6) is 0 Å². The van der Waals surface area contributed by atoms with E-state index < -0.39 is 0 Å². The standard InChI is InChI=1S/C18H26S2/c1-7-13-9-15(11(3)4)19-17(13)18-14(8-2)10-16(20-18)12(5)6/h9-12H,7-8H2,1-6H3. The molecule has 0 spiro atoms. The second kappa shape index (κ2) is 6.44. The van der Waals surface area contributed by atoms with Crippen LogP contribution in [0.25, 0.3) is 9.75 Å². The van der Waals surface area contributed by atoms with Crippen LogP contribution in [0.2, 0.25) is 0 Å². The van der Waals surface area contributed by atoms with E-state index in [2.05, 4.69) is 53.7 Å². The number of rotatable bonds is 5. The molecule has 2 aromatic heterocycles. The van der Waals surface area contributed by atoms with Crippen LogP contribution in [0.4, 0.5) is 0 Å². The molecule has 20 heavy (non-hydrogen) atoms. The fraction of sp³-hybridized carbons (Fsp3) is 0.556. The minimum Gasteiger partial charge on any atom is -0.139 e. The lowest BCUT2D eigenvalue weighted by Crippen LogP contribution is -1.82. The molecular weight excluding hydrogens is 280 g/mol. The smallest absolute Gasteiger partial charge is 0.0480 e. The van der Waals surface area contributed by atoms with Crippen LogP contribution < -0.4 is 0 Å². The molecule has 2 heterocycles. The van der Waals surface area contributed by atoms with E-state index in [1.807, 2.05) is 22.7 Å². The summed E-state index contributed by atoms with van der Waals surface area (Å²) >= 11 is 4.02. The largest absolute Gasteiger partial charge is 0.139 e. The molecule has 0 nitrogen and oxygen atoms in total. The van der Waals surface area contributed by atoms with Crippen molar-refractivity contribution < 1.29 is 0 Å². The van der Waals surface area contributed by atoms with E-state index in [4.69, 9.17) is 0 Å². The van der Waals surface area contributed by atoms with Gasteiger partial charge >= 0.3 is 0 Å². The Hall–Kier alpha value is -0.600. The van der Waals surface area contributed by atoms with Crippen molar-refractivity contribution in [3.8, 4) is 9.75 Å². The molecule has 0 aliphatic heterocycles. The minimum atomic E-state index is 0.633. The molecule has 0 fully saturated rings. The van der Waals surface area contributed by atoms with Crippen LogP contribution in [0.3, 0.4) is 0 Å². The van der Waals surface area contributed by atoms with E-state index >= 15 is 0 Å². The van der Waals surface area contributed by atoms with Crippen LogP contribution >= 0.6 is 22.7 Å². The van der Waals surface area contributed by atoms with Crippen LogP contribution in [-0.2, 0) is 12.8 Å². The predicted octanol–water partition coefficient (Wildman–Crippen LogP) is 6.85. The quantitative estimate of drug-likeness (QED) is 0.566. The Morgan fingerprint density at radius 2 is 1.10 bits per heavy atom. The third-order valence-corrected chi connectivity index (χ3v) is 6.88. The first kappa shape index (κ1) is 15.8. The highest BCUT2D eigenvalue weighted by molar-refractivity contribution is 7.22. The Morgan fingerprint density at radius 3 is 1.35 bits per heavy atom. The van der Waals surface area contributed by atoms with Gasteiger partial charge in [-0.2, -0.15) is 0 Å². The van der Waals surface area contributed by atoms with Crippen molar-refractivity contribution in [3.63, 3.8) is 0 Å². The Kier molecular flexibility index (Phi) is 5.09. The average molecular weight is 307 g/mol. The first-order chi connectivity index (χ1) is 9.47. The van der Waals surface area contributed by atoms with Gasteiger partial charge < -0.3 is 0 Å². The van der Waals surface area contributed by atoms with Gasteiger partial charge in [-0.15, -0.1) is 22.7 Å².